The third-order valence-corrected chi connectivity index (χ3v) is 12.3. The first-order valence-corrected chi connectivity index (χ1v) is 20.8. The van der Waals surface area contributed by atoms with Crippen LogP contribution in [-0.4, -0.2) is 15.0 Å². The number of para-hydroxylation sites is 1. The van der Waals surface area contributed by atoms with Gasteiger partial charge in [-0.1, -0.05) is 140 Å². The fourth-order valence-electron chi connectivity index (χ4n) is 9.12. The quantitative estimate of drug-likeness (QED) is 0.174. The molecule has 0 saturated heterocycles. The molecule has 0 unspecified atom stereocenters. The molecular formula is C57H33N3O2. The van der Waals surface area contributed by atoms with Crippen LogP contribution in [-0.2, 0) is 0 Å². The van der Waals surface area contributed by atoms with Crippen LogP contribution in [0.25, 0.3) is 133 Å². The predicted octanol–water partition coefficient (Wildman–Crippen LogP) is 15.5. The summed E-state index contributed by atoms with van der Waals surface area (Å²) in [6.07, 6.45) is 0. The third kappa shape index (κ3) is 5.67. The lowest BCUT2D eigenvalue weighted by Crippen LogP contribution is -2.00. The molecular weight excluding hydrogens is 759 g/mol. The maximum atomic E-state index is 6.61. The Bertz CT molecular complexity index is 3940. The highest BCUT2D eigenvalue weighted by Gasteiger charge is 2.19. The number of furan rings is 2. The van der Waals surface area contributed by atoms with E-state index in [9.17, 15) is 0 Å². The van der Waals surface area contributed by atoms with Gasteiger partial charge in [-0.15, -0.1) is 0 Å². The molecule has 288 valence electrons. The molecule has 0 bridgehead atoms. The Morgan fingerprint density at radius 2 is 0.790 bits per heavy atom. The van der Waals surface area contributed by atoms with Crippen molar-refractivity contribution in [2.75, 3.05) is 0 Å². The summed E-state index contributed by atoms with van der Waals surface area (Å²) in [7, 11) is 0. The number of fused-ring (bicyclic) bond motifs is 9. The van der Waals surface area contributed by atoms with Crippen molar-refractivity contribution in [2.24, 2.45) is 0 Å². The molecule has 3 aromatic heterocycles. The number of hydrogen-bond donors (Lipinski definition) is 0. The predicted molar refractivity (Wildman–Crippen MR) is 254 cm³/mol. The van der Waals surface area contributed by atoms with Gasteiger partial charge < -0.3 is 8.83 Å². The third-order valence-electron chi connectivity index (χ3n) is 12.3. The van der Waals surface area contributed by atoms with Crippen molar-refractivity contribution in [2.45, 2.75) is 0 Å². The van der Waals surface area contributed by atoms with E-state index in [4.69, 9.17) is 23.8 Å². The van der Waals surface area contributed by atoms with E-state index in [1.165, 1.54) is 21.9 Å². The average molecular weight is 792 g/mol. The Morgan fingerprint density at radius 3 is 1.60 bits per heavy atom. The van der Waals surface area contributed by atoms with Crippen LogP contribution in [0.4, 0.5) is 0 Å². The molecule has 0 N–H and O–H groups in total. The van der Waals surface area contributed by atoms with Crippen LogP contribution in [0.1, 0.15) is 0 Å². The summed E-state index contributed by atoms with van der Waals surface area (Å²) in [5.41, 5.74) is 10.6. The van der Waals surface area contributed by atoms with Gasteiger partial charge in [0.15, 0.2) is 17.5 Å². The van der Waals surface area contributed by atoms with Crippen molar-refractivity contribution >= 4 is 76.2 Å². The summed E-state index contributed by atoms with van der Waals surface area (Å²) < 4.78 is 12.9. The Labute approximate surface area is 355 Å². The second-order valence-electron chi connectivity index (χ2n) is 16.0. The Hall–Kier alpha value is -8.41. The summed E-state index contributed by atoms with van der Waals surface area (Å²) in [6.45, 7) is 0. The minimum absolute atomic E-state index is 0.573. The van der Waals surface area contributed by atoms with Gasteiger partial charge in [0.25, 0.3) is 0 Å². The average Bonchev–Trinajstić information content (AvgIpc) is 3.90. The highest BCUT2D eigenvalue weighted by molar-refractivity contribution is 6.13. The van der Waals surface area contributed by atoms with Gasteiger partial charge in [0.1, 0.15) is 22.3 Å². The van der Waals surface area contributed by atoms with Gasteiger partial charge in [0, 0.05) is 38.2 Å². The maximum Gasteiger partial charge on any atom is 0.164 e. The van der Waals surface area contributed by atoms with Crippen LogP contribution in [0.15, 0.2) is 209 Å². The second-order valence-corrected chi connectivity index (χ2v) is 16.0. The fraction of sp³-hybridized carbons (Fsp3) is 0. The number of hydrogen-bond acceptors (Lipinski definition) is 5. The summed E-state index contributed by atoms with van der Waals surface area (Å²) >= 11 is 0. The molecule has 0 aliphatic rings. The van der Waals surface area contributed by atoms with Crippen LogP contribution in [0.5, 0.6) is 0 Å². The Balaban J connectivity index is 0.976. The molecule has 0 aliphatic heterocycles. The zero-order valence-electron chi connectivity index (χ0n) is 33.2. The number of rotatable bonds is 5. The van der Waals surface area contributed by atoms with Gasteiger partial charge in [-0.3, -0.25) is 0 Å². The number of benzene rings is 10. The van der Waals surface area contributed by atoms with E-state index in [1.54, 1.807) is 0 Å². The van der Waals surface area contributed by atoms with Crippen LogP contribution < -0.4 is 0 Å². The molecule has 0 spiro atoms. The lowest BCUT2D eigenvalue weighted by atomic mass is 9.99. The van der Waals surface area contributed by atoms with Crippen LogP contribution in [0.2, 0.25) is 0 Å². The molecule has 0 fully saturated rings. The highest BCUT2D eigenvalue weighted by atomic mass is 16.3. The molecule has 13 aromatic rings. The maximum absolute atomic E-state index is 6.61. The van der Waals surface area contributed by atoms with Crippen molar-refractivity contribution in [3.8, 4) is 56.4 Å². The van der Waals surface area contributed by atoms with Gasteiger partial charge in [0.05, 0.1) is 0 Å². The Kier molecular flexibility index (Phi) is 7.54. The van der Waals surface area contributed by atoms with Crippen molar-refractivity contribution in [3.63, 3.8) is 0 Å². The lowest BCUT2D eigenvalue weighted by Gasteiger charge is -2.11. The van der Waals surface area contributed by atoms with Crippen molar-refractivity contribution in [1.82, 2.24) is 15.0 Å². The molecule has 0 saturated carbocycles. The van der Waals surface area contributed by atoms with E-state index in [1.807, 2.05) is 36.4 Å². The number of nitrogens with zero attached hydrogens (tertiary/aromatic N) is 3. The standard InChI is InChI=1S/C57H33N3O2/c1-2-9-34(10-3-1)37-19-20-40-29-43(23-21-38(40)28-37)55-58-56(44-24-22-41-31-49-46-13-6-7-15-50(46)61-53(49)33-45(41)30-44)60-57(59-55)48-14-8-16-51-54(48)47-26-25-42(32-52(47)62-51)39-18-17-35-11-4-5-12-36(35)27-39/h1-33H. The van der Waals surface area contributed by atoms with Crippen molar-refractivity contribution in [1.29, 1.82) is 0 Å². The van der Waals surface area contributed by atoms with Crippen LogP contribution >= 0.6 is 0 Å². The first kappa shape index (κ1) is 34.5. The largest absolute Gasteiger partial charge is 0.456 e. The zero-order chi connectivity index (χ0) is 40.7. The molecule has 0 amide bonds. The van der Waals surface area contributed by atoms with E-state index in [0.717, 1.165) is 93.2 Å². The van der Waals surface area contributed by atoms with Gasteiger partial charge in [-0.25, -0.2) is 15.0 Å². The SMILES string of the molecule is c1ccc(-c2ccc3cc(-c4nc(-c5ccc6cc7c(cc6c5)oc5ccccc57)nc(-c5cccc6oc7cc(-c8ccc9ccccc9c8)ccc7c56)n4)ccc3c2)cc1. The molecule has 3 heterocycles. The normalized spacial score (nSPS) is 11.9. The fourth-order valence-corrected chi connectivity index (χ4v) is 9.12. The first-order chi connectivity index (χ1) is 30.6. The van der Waals surface area contributed by atoms with Gasteiger partial charge in [0.2, 0.25) is 0 Å². The zero-order valence-corrected chi connectivity index (χ0v) is 33.2. The monoisotopic (exact) mass is 791 g/mol. The minimum Gasteiger partial charge on any atom is -0.456 e. The molecule has 5 nitrogen and oxygen atoms in total. The van der Waals surface area contributed by atoms with Crippen LogP contribution in [0.3, 0.4) is 0 Å². The first-order valence-electron chi connectivity index (χ1n) is 20.8. The van der Waals surface area contributed by atoms with E-state index < -0.39 is 0 Å². The van der Waals surface area contributed by atoms with Crippen LogP contribution in [0, 0.1) is 0 Å². The van der Waals surface area contributed by atoms with E-state index in [0.29, 0.717) is 17.5 Å². The summed E-state index contributed by atoms with van der Waals surface area (Å²) in [5.74, 6) is 1.75. The highest BCUT2D eigenvalue weighted by Crippen LogP contribution is 2.40. The summed E-state index contributed by atoms with van der Waals surface area (Å²) in [4.78, 5) is 15.7. The molecule has 5 heteroatoms. The van der Waals surface area contributed by atoms with Gasteiger partial charge >= 0.3 is 0 Å². The van der Waals surface area contributed by atoms with Crippen molar-refractivity contribution in [3.05, 3.63) is 200 Å². The van der Waals surface area contributed by atoms with E-state index >= 15 is 0 Å². The summed E-state index contributed by atoms with van der Waals surface area (Å²) in [5, 5.41) is 11.0. The minimum atomic E-state index is 0.573. The summed E-state index contributed by atoms with van der Waals surface area (Å²) in [6, 6.07) is 70.0. The van der Waals surface area contributed by atoms with Gasteiger partial charge in [-0.05, 0) is 115 Å². The van der Waals surface area contributed by atoms with Crippen molar-refractivity contribution < 1.29 is 8.83 Å². The molecule has 10 aromatic carbocycles. The molecule has 0 aliphatic carbocycles. The molecule has 0 radical (unpaired) electrons. The molecule has 0 atom stereocenters. The van der Waals surface area contributed by atoms with Gasteiger partial charge in [-0.2, -0.15) is 0 Å². The van der Waals surface area contributed by atoms with E-state index in [-0.39, 0.29) is 0 Å². The topological polar surface area (TPSA) is 65.0 Å². The lowest BCUT2D eigenvalue weighted by molar-refractivity contribution is 0.669. The molecule has 62 heavy (non-hydrogen) atoms. The molecule has 13 rings (SSSR count). The Morgan fingerprint density at radius 1 is 0.258 bits per heavy atom. The second kappa shape index (κ2) is 13.6. The number of aromatic nitrogens is 3. The van der Waals surface area contributed by atoms with E-state index in [2.05, 4.69) is 164 Å². The smallest absolute Gasteiger partial charge is 0.164 e.